The molecule has 5 nitrogen and oxygen atoms in total. The molecular formula is C18H26N2O3. The Morgan fingerprint density at radius 2 is 2.26 bits per heavy atom. The van der Waals surface area contributed by atoms with E-state index in [0.717, 1.165) is 36.4 Å². The Hall–Kier alpha value is -1.59. The highest BCUT2D eigenvalue weighted by molar-refractivity contribution is 5.99. The lowest BCUT2D eigenvalue weighted by Gasteiger charge is -2.57. The maximum Gasteiger partial charge on any atom is 0.245 e. The fourth-order valence-electron chi connectivity index (χ4n) is 3.50. The van der Waals surface area contributed by atoms with Crippen LogP contribution in [-0.4, -0.2) is 30.8 Å². The first-order valence-corrected chi connectivity index (χ1v) is 8.36. The first kappa shape index (κ1) is 16.3. The molecule has 126 valence electrons. The quantitative estimate of drug-likeness (QED) is 0.894. The number of fused-ring (bicyclic) bond motifs is 1. The normalized spacial score (nSPS) is 28.3. The second-order valence-electron chi connectivity index (χ2n) is 7.07. The monoisotopic (exact) mass is 318 g/mol. The first-order valence-electron chi connectivity index (χ1n) is 8.36. The van der Waals surface area contributed by atoms with Crippen molar-refractivity contribution in [2.45, 2.75) is 51.7 Å². The largest absolute Gasteiger partial charge is 0.493 e. The topological polar surface area (TPSA) is 73.6 Å². The molecule has 1 aliphatic carbocycles. The molecule has 2 aliphatic rings. The maximum absolute atomic E-state index is 12.7. The van der Waals surface area contributed by atoms with Gasteiger partial charge in [-0.1, -0.05) is 13.8 Å². The van der Waals surface area contributed by atoms with Gasteiger partial charge in [0.25, 0.3) is 0 Å². The van der Waals surface area contributed by atoms with Gasteiger partial charge in [-0.15, -0.1) is 0 Å². The number of hydrogen-bond acceptors (Lipinski definition) is 4. The molecule has 1 aliphatic heterocycles. The fraction of sp³-hybridized carbons (Fsp3) is 0.611. The van der Waals surface area contributed by atoms with Crippen molar-refractivity contribution in [3.05, 3.63) is 23.8 Å². The van der Waals surface area contributed by atoms with Crippen molar-refractivity contribution in [1.29, 1.82) is 0 Å². The van der Waals surface area contributed by atoms with Crippen LogP contribution < -0.4 is 15.8 Å². The third kappa shape index (κ3) is 2.62. The lowest BCUT2D eigenvalue weighted by atomic mass is 9.54. The van der Waals surface area contributed by atoms with Gasteiger partial charge < -0.3 is 20.5 Å². The Kier molecular flexibility index (Phi) is 4.10. The van der Waals surface area contributed by atoms with E-state index in [-0.39, 0.29) is 17.4 Å². The molecule has 1 amide bonds. The van der Waals surface area contributed by atoms with Crippen molar-refractivity contribution in [3.63, 3.8) is 0 Å². The van der Waals surface area contributed by atoms with Gasteiger partial charge in [0.1, 0.15) is 11.3 Å². The smallest absolute Gasteiger partial charge is 0.245 e. The summed E-state index contributed by atoms with van der Waals surface area (Å²) in [6.07, 6.45) is 2.56. The Morgan fingerprint density at radius 3 is 2.96 bits per heavy atom. The molecular weight excluding hydrogens is 292 g/mol. The predicted octanol–water partition coefficient (Wildman–Crippen LogP) is 2.48. The maximum atomic E-state index is 12.7. The third-order valence-corrected chi connectivity index (χ3v) is 5.40. The van der Waals surface area contributed by atoms with E-state index in [9.17, 15) is 4.79 Å². The summed E-state index contributed by atoms with van der Waals surface area (Å²) in [7, 11) is 0. The van der Waals surface area contributed by atoms with E-state index in [1.807, 2.05) is 39.0 Å². The van der Waals surface area contributed by atoms with Crippen LogP contribution in [0.3, 0.4) is 0 Å². The molecule has 0 saturated heterocycles. The summed E-state index contributed by atoms with van der Waals surface area (Å²) in [4.78, 5) is 12.7. The first-order chi connectivity index (χ1) is 10.9. The van der Waals surface area contributed by atoms with Gasteiger partial charge >= 0.3 is 0 Å². The van der Waals surface area contributed by atoms with E-state index < -0.39 is 5.54 Å². The zero-order valence-electron chi connectivity index (χ0n) is 14.1. The van der Waals surface area contributed by atoms with Crippen molar-refractivity contribution in [2.75, 3.05) is 18.5 Å². The highest BCUT2D eigenvalue weighted by Gasteiger charge is 2.62. The fourth-order valence-corrected chi connectivity index (χ4v) is 3.50. The van der Waals surface area contributed by atoms with Crippen molar-refractivity contribution >= 4 is 11.6 Å². The molecule has 5 heteroatoms. The second-order valence-corrected chi connectivity index (χ2v) is 7.07. The van der Waals surface area contributed by atoms with Crippen molar-refractivity contribution in [3.8, 4) is 5.75 Å². The van der Waals surface area contributed by atoms with Crippen LogP contribution in [0, 0.1) is 5.41 Å². The highest BCUT2D eigenvalue weighted by Crippen LogP contribution is 2.50. The predicted molar refractivity (Wildman–Crippen MR) is 89.6 cm³/mol. The van der Waals surface area contributed by atoms with Crippen LogP contribution in [0.2, 0.25) is 0 Å². The molecule has 2 unspecified atom stereocenters. The number of ether oxygens (including phenoxy) is 2. The minimum Gasteiger partial charge on any atom is -0.493 e. The Bertz CT molecular complexity index is 614. The lowest BCUT2D eigenvalue weighted by molar-refractivity contribution is -0.166. The Morgan fingerprint density at radius 1 is 1.48 bits per heavy atom. The average molecular weight is 318 g/mol. The molecule has 1 aromatic carbocycles. The van der Waals surface area contributed by atoms with E-state index >= 15 is 0 Å². The SMILES string of the molecule is CCOC1CC(N)(C(=O)Nc2ccc3c(c2)CCCO3)C1(C)C. The Balaban J connectivity index is 1.72. The number of aryl methyl sites for hydroxylation is 1. The van der Waals surface area contributed by atoms with Gasteiger partial charge in [0.15, 0.2) is 0 Å². The summed E-state index contributed by atoms with van der Waals surface area (Å²) in [5.74, 6) is 0.771. The molecule has 0 bridgehead atoms. The number of benzene rings is 1. The number of rotatable bonds is 4. The van der Waals surface area contributed by atoms with E-state index in [1.165, 1.54) is 0 Å². The second kappa shape index (κ2) is 5.80. The lowest BCUT2D eigenvalue weighted by Crippen LogP contribution is -2.74. The standard InChI is InChI=1S/C18H26N2O3/c1-4-22-15-11-18(19,17(15,2)3)16(21)20-13-7-8-14-12(10-13)6-5-9-23-14/h7-8,10,15H,4-6,9,11,19H2,1-3H3,(H,20,21). The van der Waals surface area contributed by atoms with E-state index in [1.54, 1.807) is 0 Å². The van der Waals surface area contributed by atoms with Crippen LogP contribution >= 0.6 is 0 Å². The summed E-state index contributed by atoms with van der Waals surface area (Å²) < 4.78 is 11.3. The number of nitrogens with one attached hydrogen (secondary N) is 1. The van der Waals surface area contributed by atoms with Crippen molar-refractivity contribution < 1.29 is 14.3 Å². The van der Waals surface area contributed by atoms with Gasteiger partial charge in [0, 0.05) is 24.1 Å². The molecule has 2 atom stereocenters. The molecule has 1 saturated carbocycles. The van der Waals surface area contributed by atoms with Crippen LogP contribution in [-0.2, 0) is 16.0 Å². The highest BCUT2D eigenvalue weighted by atomic mass is 16.5. The minimum atomic E-state index is -0.904. The molecule has 1 heterocycles. The van der Waals surface area contributed by atoms with Gasteiger partial charge in [-0.05, 0) is 43.5 Å². The minimum absolute atomic E-state index is 0.0279. The molecule has 1 fully saturated rings. The van der Waals surface area contributed by atoms with Crippen molar-refractivity contribution in [1.82, 2.24) is 0 Å². The third-order valence-electron chi connectivity index (χ3n) is 5.40. The van der Waals surface area contributed by atoms with Gasteiger partial charge in [0.05, 0.1) is 12.7 Å². The van der Waals surface area contributed by atoms with Gasteiger partial charge in [0.2, 0.25) is 5.91 Å². The van der Waals surface area contributed by atoms with Gasteiger partial charge in [-0.3, -0.25) is 4.79 Å². The van der Waals surface area contributed by atoms with Crippen LogP contribution in [0.15, 0.2) is 18.2 Å². The summed E-state index contributed by atoms with van der Waals surface area (Å²) in [6, 6.07) is 5.78. The summed E-state index contributed by atoms with van der Waals surface area (Å²) in [5.41, 5.74) is 7.04. The van der Waals surface area contributed by atoms with Gasteiger partial charge in [-0.25, -0.2) is 0 Å². The number of nitrogens with two attached hydrogens (primary N) is 1. The Labute approximate surface area is 137 Å². The summed E-state index contributed by atoms with van der Waals surface area (Å²) in [5, 5.41) is 2.98. The average Bonchev–Trinajstić information content (AvgIpc) is 2.54. The molecule has 3 N–H and O–H groups in total. The van der Waals surface area contributed by atoms with Crippen LogP contribution in [0.5, 0.6) is 5.75 Å². The number of carbonyl (C=O) groups excluding carboxylic acids is 1. The van der Waals surface area contributed by atoms with Crippen LogP contribution in [0.1, 0.15) is 39.2 Å². The van der Waals surface area contributed by atoms with Crippen molar-refractivity contribution in [2.24, 2.45) is 11.1 Å². The number of hydrogen-bond donors (Lipinski definition) is 2. The molecule has 0 radical (unpaired) electrons. The van der Waals surface area contributed by atoms with Gasteiger partial charge in [-0.2, -0.15) is 0 Å². The van der Waals surface area contributed by atoms with E-state index in [0.29, 0.717) is 13.0 Å². The molecule has 0 spiro atoms. The number of amides is 1. The molecule has 0 aromatic heterocycles. The number of carbonyl (C=O) groups is 1. The zero-order chi connectivity index (χ0) is 16.7. The summed E-state index contributed by atoms with van der Waals surface area (Å²) >= 11 is 0. The molecule has 23 heavy (non-hydrogen) atoms. The van der Waals surface area contributed by atoms with E-state index in [2.05, 4.69) is 5.32 Å². The number of anilines is 1. The van der Waals surface area contributed by atoms with Crippen LogP contribution in [0.4, 0.5) is 5.69 Å². The molecule has 1 aromatic rings. The zero-order valence-corrected chi connectivity index (χ0v) is 14.1. The molecule has 3 rings (SSSR count). The van der Waals surface area contributed by atoms with Crippen LogP contribution in [0.25, 0.3) is 0 Å². The summed E-state index contributed by atoms with van der Waals surface area (Å²) in [6.45, 7) is 7.35. The van der Waals surface area contributed by atoms with E-state index in [4.69, 9.17) is 15.2 Å².